The minimum absolute atomic E-state index is 0.0723. The van der Waals surface area contributed by atoms with Gasteiger partial charge in [-0.15, -0.1) is 0 Å². The van der Waals surface area contributed by atoms with E-state index in [4.69, 9.17) is 30.5 Å². The number of aryl methyl sites for hydroxylation is 1. The molecule has 3 aromatic carbocycles. The quantitative estimate of drug-likeness (QED) is 0.166. The van der Waals surface area contributed by atoms with Crippen molar-refractivity contribution in [2.24, 2.45) is 4.99 Å². The van der Waals surface area contributed by atoms with Gasteiger partial charge in [-0.25, -0.2) is 9.79 Å². The molecule has 0 amide bonds. The number of hydrogen-bond donors (Lipinski definition) is 0. The number of halogens is 2. The fourth-order valence-corrected chi connectivity index (χ4v) is 7.26. The highest BCUT2D eigenvalue weighted by molar-refractivity contribution is 9.10. The van der Waals surface area contributed by atoms with Crippen molar-refractivity contribution in [2.45, 2.75) is 53.4 Å². The number of benzene rings is 3. The molecule has 8 nitrogen and oxygen atoms in total. The van der Waals surface area contributed by atoms with Crippen LogP contribution >= 0.6 is 38.9 Å². The number of aromatic nitrogens is 1. The molecule has 1 aliphatic rings. The standard InChI is InChI=1S/C35H34BrClN2O6S/c1-7-43-34(41)30-21(5)38-35-39(31(30)24-11-12-27(45-19(2)3)28(17-24)42-6)33(40)29(46-35)16-23-14-25(36)32(26(37)15-23)44-18-22-10-8-9-20(4)13-22/h8-17,19,31H,7,18H2,1-6H3/b29-16-/t31-/m1/s1. The first-order valence-corrected chi connectivity index (χ1v) is 16.7. The van der Waals surface area contributed by atoms with Crippen LogP contribution in [0.15, 0.2) is 80.1 Å². The van der Waals surface area contributed by atoms with Crippen molar-refractivity contribution in [3.05, 3.63) is 117 Å². The predicted molar refractivity (Wildman–Crippen MR) is 184 cm³/mol. The number of fused-ring (bicyclic) bond motifs is 1. The van der Waals surface area contributed by atoms with Crippen LogP contribution in [0.2, 0.25) is 5.02 Å². The second kappa shape index (κ2) is 14.3. The van der Waals surface area contributed by atoms with Crippen LogP contribution in [0.5, 0.6) is 17.2 Å². The average molecular weight is 726 g/mol. The Morgan fingerprint density at radius 3 is 2.59 bits per heavy atom. The molecule has 0 saturated heterocycles. The van der Waals surface area contributed by atoms with Gasteiger partial charge in [0.15, 0.2) is 22.0 Å². The zero-order valence-electron chi connectivity index (χ0n) is 26.4. The molecule has 0 fully saturated rings. The Morgan fingerprint density at radius 1 is 1.13 bits per heavy atom. The van der Waals surface area contributed by atoms with Crippen LogP contribution in [0.1, 0.15) is 56.0 Å². The van der Waals surface area contributed by atoms with Crippen molar-refractivity contribution >= 4 is 50.9 Å². The highest BCUT2D eigenvalue weighted by Gasteiger charge is 2.34. The number of carbonyl (C=O) groups excluding carboxylic acids is 1. The van der Waals surface area contributed by atoms with Crippen molar-refractivity contribution in [2.75, 3.05) is 13.7 Å². The topological polar surface area (TPSA) is 88.4 Å². The lowest BCUT2D eigenvalue weighted by molar-refractivity contribution is -0.139. The van der Waals surface area contributed by atoms with Gasteiger partial charge in [0.1, 0.15) is 6.61 Å². The van der Waals surface area contributed by atoms with Gasteiger partial charge in [-0.2, -0.15) is 0 Å². The Morgan fingerprint density at radius 2 is 1.91 bits per heavy atom. The number of hydrogen-bond acceptors (Lipinski definition) is 8. The summed E-state index contributed by atoms with van der Waals surface area (Å²) >= 11 is 11.5. The van der Waals surface area contributed by atoms with E-state index < -0.39 is 12.0 Å². The lowest BCUT2D eigenvalue weighted by atomic mass is 9.95. The molecular formula is C35H34BrClN2O6S. The van der Waals surface area contributed by atoms with Gasteiger partial charge in [0.25, 0.3) is 5.56 Å². The normalized spacial score (nSPS) is 14.6. The van der Waals surface area contributed by atoms with Gasteiger partial charge in [-0.3, -0.25) is 9.36 Å². The van der Waals surface area contributed by atoms with E-state index in [9.17, 15) is 9.59 Å². The third-order valence-corrected chi connectivity index (χ3v) is 9.02. The number of thiazole rings is 1. The highest BCUT2D eigenvalue weighted by Crippen LogP contribution is 2.37. The maximum Gasteiger partial charge on any atom is 0.338 e. The zero-order valence-corrected chi connectivity index (χ0v) is 29.5. The average Bonchev–Trinajstić information content (AvgIpc) is 3.29. The van der Waals surface area contributed by atoms with Crippen LogP contribution in [-0.2, 0) is 16.1 Å². The largest absolute Gasteiger partial charge is 0.493 e. The molecule has 2 heterocycles. The number of ether oxygens (including phenoxy) is 4. The molecule has 0 aliphatic carbocycles. The van der Waals surface area contributed by atoms with E-state index in [0.717, 1.165) is 11.1 Å². The summed E-state index contributed by atoms with van der Waals surface area (Å²) in [6.07, 6.45) is 1.68. The lowest BCUT2D eigenvalue weighted by Crippen LogP contribution is -2.40. The maximum atomic E-state index is 14.1. The molecule has 1 aromatic heterocycles. The number of rotatable bonds is 10. The van der Waals surface area contributed by atoms with E-state index in [2.05, 4.69) is 27.0 Å². The molecule has 4 aromatic rings. The number of methoxy groups -OCH3 is 1. The lowest BCUT2D eigenvalue weighted by Gasteiger charge is -2.25. The minimum Gasteiger partial charge on any atom is -0.493 e. The van der Waals surface area contributed by atoms with Crippen LogP contribution in [0.3, 0.4) is 0 Å². The van der Waals surface area contributed by atoms with Crippen molar-refractivity contribution in [3.8, 4) is 17.2 Å². The predicted octanol–water partition coefficient (Wildman–Crippen LogP) is 6.90. The molecule has 0 spiro atoms. The summed E-state index contributed by atoms with van der Waals surface area (Å²) in [7, 11) is 1.55. The number of esters is 1. The highest BCUT2D eigenvalue weighted by atomic mass is 79.9. The Balaban J connectivity index is 1.58. The SMILES string of the molecule is CCOC(=O)C1=C(C)N=c2s/c(=C\c3cc(Cl)c(OCc4cccc(C)c4)c(Br)c3)c(=O)n2[C@@H]1c1ccc(OC(C)C)c(OC)c1. The number of nitrogens with zero attached hydrogens (tertiary/aromatic N) is 2. The van der Waals surface area contributed by atoms with E-state index in [1.54, 1.807) is 45.2 Å². The Hall–Kier alpha value is -3.86. The van der Waals surface area contributed by atoms with E-state index in [-0.39, 0.29) is 23.8 Å². The second-order valence-corrected chi connectivity index (χ2v) is 13.2. The third-order valence-electron chi connectivity index (χ3n) is 7.17. The Labute approximate surface area is 284 Å². The molecule has 46 heavy (non-hydrogen) atoms. The van der Waals surface area contributed by atoms with Gasteiger partial charge < -0.3 is 18.9 Å². The van der Waals surface area contributed by atoms with Gasteiger partial charge in [-0.1, -0.05) is 58.8 Å². The molecule has 240 valence electrons. The van der Waals surface area contributed by atoms with Crippen molar-refractivity contribution in [1.82, 2.24) is 4.57 Å². The molecule has 1 aliphatic heterocycles. The molecule has 0 radical (unpaired) electrons. The molecule has 1 atom stereocenters. The van der Waals surface area contributed by atoms with E-state index in [0.29, 0.717) is 59.5 Å². The first-order valence-electron chi connectivity index (χ1n) is 14.7. The summed E-state index contributed by atoms with van der Waals surface area (Å²) in [6, 6.07) is 16.3. The van der Waals surface area contributed by atoms with Crippen molar-refractivity contribution < 1.29 is 23.7 Å². The fourth-order valence-electron chi connectivity index (χ4n) is 5.22. The van der Waals surface area contributed by atoms with Crippen LogP contribution in [0, 0.1) is 6.92 Å². The Bertz CT molecular complexity index is 1990. The van der Waals surface area contributed by atoms with Crippen LogP contribution in [0.25, 0.3) is 6.08 Å². The van der Waals surface area contributed by atoms with Gasteiger partial charge >= 0.3 is 5.97 Å². The first-order chi connectivity index (χ1) is 22.0. The summed E-state index contributed by atoms with van der Waals surface area (Å²) in [5.41, 5.74) is 3.96. The van der Waals surface area contributed by atoms with Gasteiger partial charge in [0, 0.05) is 0 Å². The number of carbonyl (C=O) groups is 1. The molecule has 0 unspecified atom stereocenters. The Kier molecular flexibility index (Phi) is 10.4. The van der Waals surface area contributed by atoms with Gasteiger partial charge in [0.05, 0.1) is 51.2 Å². The van der Waals surface area contributed by atoms with Gasteiger partial charge in [0.2, 0.25) is 0 Å². The summed E-state index contributed by atoms with van der Waals surface area (Å²) < 4.78 is 25.6. The van der Waals surface area contributed by atoms with Gasteiger partial charge in [-0.05, 0) is 97.6 Å². The molecule has 11 heteroatoms. The molecule has 5 rings (SSSR count). The molecule has 0 N–H and O–H groups in total. The van der Waals surface area contributed by atoms with E-state index >= 15 is 0 Å². The fraction of sp³-hybridized carbons (Fsp3) is 0.286. The third kappa shape index (κ3) is 7.09. The molecule has 0 bridgehead atoms. The summed E-state index contributed by atoms with van der Waals surface area (Å²) in [4.78, 5) is 32.5. The number of allylic oxidation sites excluding steroid dienone is 1. The van der Waals surface area contributed by atoms with Crippen LogP contribution in [-0.4, -0.2) is 30.4 Å². The molecular weight excluding hydrogens is 692 g/mol. The second-order valence-electron chi connectivity index (χ2n) is 11.0. The monoisotopic (exact) mass is 724 g/mol. The maximum absolute atomic E-state index is 14.1. The first kappa shape index (κ1) is 33.5. The smallest absolute Gasteiger partial charge is 0.338 e. The summed E-state index contributed by atoms with van der Waals surface area (Å²) in [5.74, 6) is 1.01. The minimum atomic E-state index is -0.799. The van der Waals surface area contributed by atoms with Crippen LogP contribution < -0.4 is 29.1 Å². The van der Waals surface area contributed by atoms with Crippen molar-refractivity contribution in [3.63, 3.8) is 0 Å². The van der Waals surface area contributed by atoms with Crippen LogP contribution in [0.4, 0.5) is 0 Å². The van der Waals surface area contributed by atoms with E-state index in [1.165, 1.54) is 15.9 Å². The molecule has 0 saturated carbocycles. The summed E-state index contributed by atoms with van der Waals surface area (Å²) in [6.45, 7) is 9.90. The van der Waals surface area contributed by atoms with E-state index in [1.807, 2.05) is 51.1 Å². The zero-order chi connectivity index (χ0) is 33.1. The van der Waals surface area contributed by atoms with Crippen molar-refractivity contribution in [1.29, 1.82) is 0 Å². The summed E-state index contributed by atoms with van der Waals surface area (Å²) in [5, 5.41) is 0.398.